The van der Waals surface area contributed by atoms with Crippen LogP contribution in [0.5, 0.6) is 5.75 Å². The minimum atomic E-state index is -0.745. The molecule has 2 aliphatic rings. The van der Waals surface area contributed by atoms with Crippen molar-refractivity contribution in [2.45, 2.75) is 25.4 Å². The first-order valence-electron chi connectivity index (χ1n) is 11.9. The van der Waals surface area contributed by atoms with Crippen LogP contribution in [-0.2, 0) is 21.3 Å². The van der Waals surface area contributed by atoms with Crippen molar-refractivity contribution in [2.75, 3.05) is 38.1 Å². The largest absolute Gasteiger partial charge is 0.494 e. The molecule has 0 radical (unpaired) electrons. The summed E-state index contributed by atoms with van der Waals surface area (Å²) < 4.78 is 17.3. The number of nitrogens with zero attached hydrogens (tertiary/aromatic N) is 4. The number of hydrogen-bond acceptors (Lipinski definition) is 9. The Bertz CT molecular complexity index is 1250. The first-order valence-corrected chi connectivity index (χ1v) is 11.9. The zero-order valence-corrected chi connectivity index (χ0v) is 21.1. The highest BCUT2D eigenvalue weighted by molar-refractivity contribution is 5.99. The van der Waals surface area contributed by atoms with Crippen molar-refractivity contribution in [3.05, 3.63) is 42.2 Å². The first kappa shape index (κ1) is 26.0. The number of benzene rings is 1. The van der Waals surface area contributed by atoms with Crippen molar-refractivity contribution in [3.63, 3.8) is 0 Å². The zero-order valence-electron chi connectivity index (χ0n) is 21.1. The van der Waals surface area contributed by atoms with Gasteiger partial charge in [-0.15, -0.1) is 10.2 Å². The summed E-state index contributed by atoms with van der Waals surface area (Å²) in [6, 6.07) is 8.91. The molecule has 1 saturated carbocycles. The van der Waals surface area contributed by atoms with E-state index in [1.807, 2.05) is 31.4 Å². The number of aromatic nitrogens is 4. The van der Waals surface area contributed by atoms with E-state index in [0.717, 1.165) is 43.7 Å². The van der Waals surface area contributed by atoms with Crippen LogP contribution in [0.15, 0.2) is 36.5 Å². The second-order valence-electron chi connectivity index (χ2n) is 8.73. The second-order valence-corrected chi connectivity index (χ2v) is 8.73. The summed E-state index contributed by atoms with van der Waals surface area (Å²) in [6.45, 7) is 1.66. The van der Waals surface area contributed by atoms with Crippen LogP contribution in [0.25, 0.3) is 11.3 Å². The molecule has 1 unspecified atom stereocenters. The molecule has 0 spiro atoms. The highest BCUT2D eigenvalue weighted by atomic mass is 16.5. The number of para-hydroxylation sites is 1. The predicted molar refractivity (Wildman–Crippen MR) is 137 cm³/mol. The SMILES string of the molecule is COC1CCOC1.COc1c(Nc2cc(NC(=O)C3CC3)nnc2C(N)=O)cccc1-c1ccn(C)n1. The molecule has 2 aromatic heterocycles. The molecule has 1 atom stereocenters. The van der Waals surface area contributed by atoms with Crippen LogP contribution in [0.2, 0.25) is 0 Å². The number of carbonyl (C=O) groups excluding carboxylic acids is 2. The molecule has 3 heterocycles. The minimum absolute atomic E-state index is 0.00849. The van der Waals surface area contributed by atoms with Gasteiger partial charge in [-0.2, -0.15) is 5.10 Å². The molecule has 12 heteroatoms. The highest BCUT2D eigenvalue weighted by Gasteiger charge is 2.30. The maximum Gasteiger partial charge on any atom is 0.271 e. The Balaban J connectivity index is 0.000000396. The Labute approximate surface area is 214 Å². The summed E-state index contributed by atoms with van der Waals surface area (Å²) in [5.74, 6) is -0.0813. The maximum atomic E-state index is 12.0. The third-order valence-electron chi connectivity index (χ3n) is 5.93. The number of aryl methyl sites for hydroxylation is 1. The lowest BCUT2D eigenvalue weighted by Gasteiger charge is -2.16. The Hall–Kier alpha value is -4.03. The summed E-state index contributed by atoms with van der Waals surface area (Å²) in [7, 11) is 5.10. The summed E-state index contributed by atoms with van der Waals surface area (Å²) in [5, 5.41) is 18.1. The molecule has 1 saturated heterocycles. The second kappa shape index (κ2) is 11.8. The molecule has 1 aliphatic heterocycles. The quantitative estimate of drug-likeness (QED) is 0.415. The Kier molecular flexibility index (Phi) is 8.31. The van der Waals surface area contributed by atoms with Gasteiger partial charge in [0, 0.05) is 44.5 Å². The Morgan fingerprint density at radius 2 is 1.95 bits per heavy atom. The molecule has 12 nitrogen and oxygen atoms in total. The molecule has 2 amide bonds. The van der Waals surface area contributed by atoms with Gasteiger partial charge < -0.3 is 30.6 Å². The normalized spacial score (nSPS) is 16.5. The van der Waals surface area contributed by atoms with E-state index in [-0.39, 0.29) is 23.3 Å². The molecule has 37 heavy (non-hydrogen) atoms. The van der Waals surface area contributed by atoms with Crippen molar-refractivity contribution in [2.24, 2.45) is 18.7 Å². The number of primary amides is 1. The van der Waals surface area contributed by atoms with Gasteiger partial charge in [0.25, 0.3) is 5.91 Å². The lowest BCUT2D eigenvalue weighted by Crippen LogP contribution is -2.19. The van der Waals surface area contributed by atoms with Crippen LogP contribution < -0.4 is 21.1 Å². The number of anilines is 3. The van der Waals surface area contributed by atoms with Crippen LogP contribution in [0.3, 0.4) is 0 Å². The van der Waals surface area contributed by atoms with Gasteiger partial charge in [-0.1, -0.05) is 6.07 Å². The van der Waals surface area contributed by atoms with E-state index >= 15 is 0 Å². The molecule has 0 bridgehead atoms. The van der Waals surface area contributed by atoms with Crippen LogP contribution in [0.1, 0.15) is 29.8 Å². The highest BCUT2D eigenvalue weighted by Crippen LogP contribution is 2.38. The number of methoxy groups -OCH3 is 2. The van der Waals surface area contributed by atoms with Gasteiger partial charge >= 0.3 is 0 Å². The number of ether oxygens (including phenoxy) is 3. The van der Waals surface area contributed by atoms with E-state index in [1.54, 1.807) is 25.0 Å². The van der Waals surface area contributed by atoms with Crippen LogP contribution in [0, 0.1) is 5.92 Å². The fourth-order valence-electron chi connectivity index (χ4n) is 3.76. The van der Waals surface area contributed by atoms with E-state index in [1.165, 1.54) is 6.07 Å². The summed E-state index contributed by atoms with van der Waals surface area (Å²) in [6.07, 6.45) is 5.00. The van der Waals surface area contributed by atoms with Crippen LogP contribution in [0.4, 0.5) is 17.2 Å². The third kappa shape index (κ3) is 6.60. The van der Waals surface area contributed by atoms with Gasteiger partial charge in [0.1, 0.15) is 0 Å². The number of carbonyl (C=O) groups is 2. The average molecular weight is 510 g/mol. The fourth-order valence-corrected chi connectivity index (χ4v) is 3.76. The monoisotopic (exact) mass is 509 g/mol. The molecule has 1 aliphatic carbocycles. The first-order chi connectivity index (χ1) is 17.9. The number of nitrogens with one attached hydrogen (secondary N) is 2. The number of rotatable bonds is 8. The summed E-state index contributed by atoms with van der Waals surface area (Å²) in [5.41, 5.74) is 7.80. The average Bonchev–Trinajstić information content (AvgIpc) is 3.43. The van der Waals surface area contributed by atoms with Crippen molar-refractivity contribution >= 4 is 29.0 Å². The predicted octanol–water partition coefficient (Wildman–Crippen LogP) is 2.50. The van der Waals surface area contributed by atoms with Crippen molar-refractivity contribution in [1.29, 1.82) is 0 Å². The lowest BCUT2D eigenvalue weighted by molar-refractivity contribution is -0.117. The van der Waals surface area contributed by atoms with Crippen molar-refractivity contribution in [1.82, 2.24) is 20.0 Å². The molecule has 5 rings (SSSR count). The van der Waals surface area contributed by atoms with E-state index in [2.05, 4.69) is 25.9 Å². The molecule has 1 aromatic carbocycles. The molecular weight excluding hydrogens is 478 g/mol. The molecule has 4 N–H and O–H groups in total. The van der Waals surface area contributed by atoms with Crippen molar-refractivity contribution in [3.8, 4) is 17.0 Å². The number of amides is 2. The van der Waals surface area contributed by atoms with E-state index in [4.69, 9.17) is 19.9 Å². The Morgan fingerprint density at radius 3 is 2.51 bits per heavy atom. The lowest BCUT2D eigenvalue weighted by atomic mass is 10.1. The minimum Gasteiger partial charge on any atom is -0.494 e. The smallest absolute Gasteiger partial charge is 0.271 e. The maximum absolute atomic E-state index is 12.0. The van der Waals surface area contributed by atoms with Gasteiger partial charge in [-0.25, -0.2) is 0 Å². The standard InChI is InChI=1S/C20H21N7O3.C5H10O2/c1-27-9-8-13(26-27)12-4-3-5-14(18(12)30-2)22-15-10-16(23-20(29)11-6-7-11)24-25-17(15)19(21)28;1-6-5-2-3-7-4-5/h3-5,8-11H,6-7H2,1-2H3,(H2,21,28)(H2,22,23,24,29);5H,2-4H2,1H3. The van der Waals surface area contributed by atoms with Crippen molar-refractivity contribution < 1.29 is 23.8 Å². The molecule has 196 valence electrons. The van der Waals surface area contributed by atoms with Gasteiger partial charge in [-0.05, 0) is 37.5 Å². The number of nitrogens with two attached hydrogens (primary N) is 1. The van der Waals surface area contributed by atoms with Gasteiger partial charge in [-0.3, -0.25) is 14.3 Å². The van der Waals surface area contributed by atoms with Gasteiger partial charge in [0.15, 0.2) is 17.3 Å². The molecule has 3 aromatic rings. The Morgan fingerprint density at radius 1 is 1.14 bits per heavy atom. The number of hydrogen-bond donors (Lipinski definition) is 3. The van der Waals surface area contributed by atoms with E-state index in [0.29, 0.717) is 23.2 Å². The van der Waals surface area contributed by atoms with E-state index in [9.17, 15) is 9.59 Å². The van der Waals surface area contributed by atoms with Crippen LogP contribution >= 0.6 is 0 Å². The zero-order chi connectivity index (χ0) is 26.4. The van der Waals surface area contributed by atoms with Gasteiger partial charge in [0.2, 0.25) is 5.91 Å². The topological polar surface area (TPSA) is 156 Å². The van der Waals surface area contributed by atoms with Crippen LogP contribution in [-0.4, -0.2) is 65.3 Å². The third-order valence-corrected chi connectivity index (χ3v) is 5.93. The van der Waals surface area contributed by atoms with E-state index < -0.39 is 5.91 Å². The molecular formula is C25H31N7O5. The summed E-state index contributed by atoms with van der Waals surface area (Å²) in [4.78, 5) is 23.9. The fraction of sp³-hybridized carbons (Fsp3) is 0.400. The van der Waals surface area contributed by atoms with Gasteiger partial charge in [0.05, 0.1) is 36.9 Å². The summed E-state index contributed by atoms with van der Waals surface area (Å²) >= 11 is 0. The molecule has 2 fully saturated rings.